The van der Waals surface area contributed by atoms with Gasteiger partial charge in [-0.3, -0.25) is 9.78 Å². The van der Waals surface area contributed by atoms with Crippen LogP contribution in [0.2, 0.25) is 0 Å². The molecular weight excluding hydrogens is 449 g/mol. The molecule has 0 unspecified atom stereocenters. The fraction of sp³-hybridized carbons (Fsp3) is 0.167. The summed E-state index contributed by atoms with van der Waals surface area (Å²) in [5.41, 5.74) is 1.15. The molecule has 0 aliphatic rings. The molecule has 7 nitrogen and oxygen atoms in total. The van der Waals surface area contributed by atoms with Crippen molar-refractivity contribution in [2.24, 2.45) is 0 Å². The van der Waals surface area contributed by atoms with E-state index < -0.39 is 23.8 Å². The van der Waals surface area contributed by atoms with Gasteiger partial charge in [0.05, 0.1) is 6.04 Å². The Balaban J connectivity index is 1.66. The standard InChI is InChI=1S/C24H19F3N4O3/c1-14-8-10-18(28-12-14)23-30-20(16-6-4-3-5-7-16)21(34-23)22(32)29-15(2)17-9-11-19(24(25,26)27)31(33)13-17/h3-13,15H,1-2H3,(H,29,32)/t15-/m1/s1. The molecule has 1 amide bonds. The van der Waals surface area contributed by atoms with Gasteiger partial charge in [-0.25, -0.2) is 4.98 Å². The summed E-state index contributed by atoms with van der Waals surface area (Å²) in [5, 5.41) is 14.5. The average molecular weight is 468 g/mol. The lowest BCUT2D eigenvalue weighted by molar-refractivity contribution is -0.629. The molecule has 1 N–H and O–H groups in total. The fourth-order valence-electron chi connectivity index (χ4n) is 3.29. The smallest absolute Gasteiger partial charge is 0.478 e. The highest BCUT2D eigenvalue weighted by molar-refractivity contribution is 5.98. The molecule has 1 atom stereocenters. The van der Waals surface area contributed by atoms with Crippen molar-refractivity contribution < 1.29 is 27.1 Å². The minimum absolute atomic E-state index is 0.0858. The third-order valence-corrected chi connectivity index (χ3v) is 5.09. The normalized spacial score (nSPS) is 12.4. The number of aromatic nitrogens is 3. The number of hydrogen-bond donors (Lipinski definition) is 1. The quantitative estimate of drug-likeness (QED) is 0.334. The van der Waals surface area contributed by atoms with E-state index in [-0.39, 0.29) is 27.6 Å². The number of nitrogens with zero attached hydrogens (tertiary/aromatic N) is 3. The molecule has 0 bridgehead atoms. The van der Waals surface area contributed by atoms with Crippen molar-refractivity contribution in [1.29, 1.82) is 0 Å². The maximum atomic E-state index is 13.1. The maximum absolute atomic E-state index is 13.1. The van der Waals surface area contributed by atoms with Gasteiger partial charge < -0.3 is 14.9 Å². The highest BCUT2D eigenvalue weighted by atomic mass is 19.4. The van der Waals surface area contributed by atoms with Crippen LogP contribution in [-0.4, -0.2) is 15.9 Å². The lowest BCUT2D eigenvalue weighted by Gasteiger charge is -2.14. The van der Waals surface area contributed by atoms with Crippen LogP contribution in [0.25, 0.3) is 22.8 Å². The zero-order valence-electron chi connectivity index (χ0n) is 18.1. The summed E-state index contributed by atoms with van der Waals surface area (Å²) in [4.78, 5) is 21.9. The van der Waals surface area contributed by atoms with Crippen molar-refractivity contribution in [3.05, 3.63) is 94.8 Å². The first kappa shape index (κ1) is 23.0. The molecule has 4 aromatic rings. The number of benzene rings is 1. The average Bonchev–Trinajstić information content (AvgIpc) is 3.25. The molecule has 3 aromatic heterocycles. The molecule has 34 heavy (non-hydrogen) atoms. The molecular formula is C24H19F3N4O3. The molecule has 0 saturated carbocycles. The van der Waals surface area contributed by atoms with Crippen molar-refractivity contribution in [2.45, 2.75) is 26.1 Å². The predicted molar refractivity (Wildman–Crippen MR) is 116 cm³/mol. The van der Waals surface area contributed by atoms with Crippen molar-refractivity contribution in [3.8, 4) is 22.8 Å². The highest BCUT2D eigenvalue weighted by Gasteiger charge is 2.39. The highest BCUT2D eigenvalue weighted by Crippen LogP contribution is 2.30. The van der Waals surface area contributed by atoms with Crippen molar-refractivity contribution in [3.63, 3.8) is 0 Å². The Labute approximate surface area is 192 Å². The molecule has 4 rings (SSSR count). The number of carbonyl (C=O) groups is 1. The molecule has 0 spiro atoms. The number of oxazole rings is 1. The van der Waals surface area contributed by atoms with Gasteiger partial charge in [-0.2, -0.15) is 17.9 Å². The molecule has 0 fully saturated rings. The molecule has 10 heteroatoms. The molecule has 0 aliphatic carbocycles. The van der Waals surface area contributed by atoms with Crippen LogP contribution in [0.1, 0.15) is 40.3 Å². The van der Waals surface area contributed by atoms with E-state index >= 15 is 0 Å². The van der Waals surface area contributed by atoms with Gasteiger partial charge in [0, 0.05) is 23.4 Å². The molecule has 0 aliphatic heterocycles. The van der Waals surface area contributed by atoms with Gasteiger partial charge in [0.15, 0.2) is 6.20 Å². The Hall–Kier alpha value is -4.21. The summed E-state index contributed by atoms with van der Waals surface area (Å²) in [6, 6.07) is 13.5. The number of amides is 1. The number of nitrogens with one attached hydrogen (secondary N) is 1. The van der Waals surface area contributed by atoms with E-state index in [9.17, 15) is 23.2 Å². The van der Waals surface area contributed by atoms with Gasteiger partial charge in [-0.15, -0.1) is 0 Å². The van der Waals surface area contributed by atoms with Crippen molar-refractivity contribution in [2.75, 3.05) is 0 Å². The SMILES string of the molecule is Cc1ccc(-c2nc(-c3ccccc3)c(C(=O)N[C@H](C)c3ccc(C(F)(F)F)[n+]([O-])c3)o2)nc1. The van der Waals surface area contributed by atoms with Crippen LogP contribution in [0.5, 0.6) is 0 Å². The Morgan fingerprint density at radius 3 is 2.47 bits per heavy atom. The lowest BCUT2D eigenvalue weighted by atomic mass is 10.1. The fourth-order valence-corrected chi connectivity index (χ4v) is 3.29. The van der Waals surface area contributed by atoms with Crippen LogP contribution < -0.4 is 10.0 Å². The van der Waals surface area contributed by atoms with E-state index in [2.05, 4.69) is 15.3 Å². The van der Waals surface area contributed by atoms with Gasteiger partial charge in [0.2, 0.25) is 11.7 Å². The van der Waals surface area contributed by atoms with E-state index in [0.29, 0.717) is 17.3 Å². The zero-order valence-corrected chi connectivity index (χ0v) is 18.1. The van der Waals surface area contributed by atoms with Crippen LogP contribution in [0.4, 0.5) is 13.2 Å². The summed E-state index contributed by atoms with van der Waals surface area (Å²) in [5.74, 6) is -0.588. The van der Waals surface area contributed by atoms with Crippen LogP contribution in [0.15, 0.2) is 71.4 Å². The van der Waals surface area contributed by atoms with Crippen LogP contribution >= 0.6 is 0 Å². The maximum Gasteiger partial charge on any atom is 0.478 e. The van der Waals surface area contributed by atoms with Gasteiger partial charge in [-0.1, -0.05) is 36.4 Å². The van der Waals surface area contributed by atoms with Gasteiger partial charge in [0.1, 0.15) is 11.4 Å². The largest absolute Gasteiger partial charge is 0.618 e. The lowest BCUT2D eigenvalue weighted by Crippen LogP contribution is -2.38. The number of alkyl halides is 3. The zero-order chi connectivity index (χ0) is 24.5. The Kier molecular flexibility index (Phi) is 6.06. The van der Waals surface area contributed by atoms with Gasteiger partial charge in [-0.05, 0) is 31.5 Å². The molecule has 0 saturated heterocycles. The Morgan fingerprint density at radius 2 is 1.85 bits per heavy atom. The van der Waals surface area contributed by atoms with Gasteiger partial charge in [0.25, 0.3) is 11.6 Å². The van der Waals surface area contributed by atoms with Crippen LogP contribution in [-0.2, 0) is 6.18 Å². The summed E-state index contributed by atoms with van der Waals surface area (Å²) in [7, 11) is 0. The predicted octanol–water partition coefficient (Wildman–Crippen LogP) is 4.86. The molecule has 3 heterocycles. The van der Waals surface area contributed by atoms with Crippen molar-refractivity contribution >= 4 is 5.91 Å². The van der Waals surface area contributed by atoms with Gasteiger partial charge >= 0.3 is 6.18 Å². The van der Waals surface area contributed by atoms with Crippen molar-refractivity contribution in [1.82, 2.24) is 15.3 Å². The van der Waals surface area contributed by atoms with E-state index in [1.165, 1.54) is 0 Å². The number of carbonyl (C=O) groups excluding carboxylic acids is 1. The van der Waals surface area contributed by atoms with E-state index in [0.717, 1.165) is 17.8 Å². The second kappa shape index (κ2) is 8.97. The number of pyridine rings is 2. The molecule has 0 radical (unpaired) electrons. The van der Waals surface area contributed by atoms with E-state index in [1.54, 1.807) is 43.5 Å². The Bertz CT molecular complexity index is 1320. The third-order valence-electron chi connectivity index (χ3n) is 5.09. The third kappa shape index (κ3) is 4.75. The minimum atomic E-state index is -4.78. The summed E-state index contributed by atoms with van der Waals surface area (Å²) < 4.78 is 44.1. The molecule has 1 aromatic carbocycles. The first-order chi connectivity index (χ1) is 16.1. The monoisotopic (exact) mass is 468 g/mol. The topological polar surface area (TPSA) is 95.0 Å². The second-order valence-corrected chi connectivity index (χ2v) is 7.65. The van der Waals surface area contributed by atoms with Crippen LogP contribution in [0.3, 0.4) is 0 Å². The van der Waals surface area contributed by atoms with E-state index in [1.807, 2.05) is 19.1 Å². The first-order valence-electron chi connectivity index (χ1n) is 10.2. The Morgan fingerprint density at radius 1 is 1.12 bits per heavy atom. The minimum Gasteiger partial charge on any atom is -0.618 e. The first-order valence-corrected chi connectivity index (χ1v) is 10.2. The second-order valence-electron chi connectivity index (χ2n) is 7.65. The van der Waals surface area contributed by atoms with E-state index in [4.69, 9.17) is 4.42 Å². The number of hydrogen-bond acceptors (Lipinski definition) is 5. The van der Waals surface area contributed by atoms with Crippen LogP contribution in [0, 0.1) is 12.1 Å². The number of aryl methyl sites for hydroxylation is 1. The summed E-state index contributed by atoms with van der Waals surface area (Å²) >= 11 is 0. The number of rotatable bonds is 5. The molecule has 174 valence electrons. The summed E-state index contributed by atoms with van der Waals surface area (Å²) in [6.07, 6.45) is -2.35. The summed E-state index contributed by atoms with van der Waals surface area (Å²) in [6.45, 7) is 3.43. The number of halogens is 3.